The maximum Gasteiger partial charge on any atom is 0.165 e. The van der Waals surface area contributed by atoms with Crippen LogP contribution in [0.2, 0.25) is 0 Å². The first kappa shape index (κ1) is 42.7. The molecule has 7 nitrogen and oxygen atoms in total. The maximum atomic E-state index is 6.66. The van der Waals surface area contributed by atoms with Gasteiger partial charge in [0.1, 0.15) is 22.5 Å². The van der Waals surface area contributed by atoms with Gasteiger partial charge in [-0.15, -0.1) is 0 Å². The quantitative estimate of drug-likeness (QED) is 0.167. The lowest BCUT2D eigenvalue weighted by atomic mass is 9.97. The summed E-state index contributed by atoms with van der Waals surface area (Å²) in [6, 6.07) is 96.4. The molecule has 0 N–H and O–H groups in total. The lowest BCUT2D eigenvalue weighted by Crippen LogP contribution is -2.26. The molecule has 0 radical (unpaired) electrons. The summed E-state index contributed by atoms with van der Waals surface area (Å²) < 4.78 is 14.1. The molecule has 11 aromatic carbocycles. The molecule has 0 spiro atoms. The van der Waals surface area contributed by atoms with Crippen LogP contribution < -0.4 is 9.80 Å². The fraction of sp³-hybridized carbons (Fsp3) is 0. The molecule has 6 heterocycles. The van der Waals surface area contributed by atoms with Gasteiger partial charge < -0.3 is 18.5 Å². The van der Waals surface area contributed by atoms with Crippen LogP contribution in [0, 0.1) is 0 Å². The van der Waals surface area contributed by atoms with Gasteiger partial charge in [-0.25, -0.2) is 4.98 Å². The average molecular weight is 997 g/mol. The number of pyridine rings is 1. The summed E-state index contributed by atoms with van der Waals surface area (Å²) >= 11 is 0. The van der Waals surface area contributed by atoms with Crippen LogP contribution in [-0.2, 0) is 0 Å². The second kappa shape index (κ2) is 16.4. The summed E-state index contributed by atoms with van der Waals surface area (Å²) in [6.45, 7) is 0. The number of furan rings is 1. The molecule has 17 rings (SSSR count). The average Bonchev–Trinajstić information content (AvgIpc) is 4.41. The Kier molecular flexibility index (Phi) is 9.00. The highest BCUT2D eigenvalue weighted by molar-refractivity contribution is 6.16. The predicted molar refractivity (Wildman–Crippen MR) is 323 cm³/mol. The number of hydrogen-bond acceptors (Lipinski definition) is 4. The second-order valence-corrected chi connectivity index (χ2v) is 20.2. The van der Waals surface area contributed by atoms with E-state index < -0.39 is 0 Å². The SMILES string of the molecule is c1ccc(N2c3ccccc3N(c3nc(-n4c5ccccc5c5ccccc54)c(-n4c5ccccc5c5ccccc54)c(-c4ccc5oc6ccccc6c5c4)c3-n3c4ccccc4c4ccccc43)c3ccccc32)cc1. The summed E-state index contributed by atoms with van der Waals surface area (Å²) in [5, 5.41) is 9.02. The highest BCUT2D eigenvalue weighted by Gasteiger charge is 2.37. The van der Waals surface area contributed by atoms with Gasteiger partial charge in [-0.3, -0.25) is 9.47 Å². The Hall–Kier alpha value is -10.6. The molecule has 0 atom stereocenters. The van der Waals surface area contributed by atoms with Crippen LogP contribution in [0.4, 0.5) is 34.3 Å². The Bertz CT molecular complexity index is 4930. The Balaban J connectivity index is 1.16. The number of anilines is 6. The Morgan fingerprint density at radius 3 is 1.10 bits per heavy atom. The van der Waals surface area contributed by atoms with Crippen molar-refractivity contribution in [3.63, 3.8) is 0 Å². The van der Waals surface area contributed by atoms with Crippen molar-refractivity contribution in [2.75, 3.05) is 9.80 Å². The van der Waals surface area contributed by atoms with E-state index in [0.29, 0.717) is 0 Å². The summed E-state index contributed by atoms with van der Waals surface area (Å²) in [4.78, 5) is 11.3. The first-order valence-corrected chi connectivity index (χ1v) is 26.6. The van der Waals surface area contributed by atoms with E-state index in [0.717, 1.165) is 150 Å². The maximum absolute atomic E-state index is 6.66. The topological polar surface area (TPSA) is 47.3 Å². The van der Waals surface area contributed by atoms with Crippen LogP contribution in [0.3, 0.4) is 0 Å². The number of benzene rings is 11. The van der Waals surface area contributed by atoms with Crippen molar-refractivity contribution in [2.24, 2.45) is 0 Å². The monoisotopic (exact) mass is 996 g/mol. The van der Waals surface area contributed by atoms with Crippen molar-refractivity contribution in [3.05, 3.63) is 267 Å². The van der Waals surface area contributed by atoms with Crippen molar-refractivity contribution >= 4 is 122 Å². The highest BCUT2D eigenvalue weighted by Crippen LogP contribution is 2.57. The van der Waals surface area contributed by atoms with E-state index >= 15 is 0 Å². The summed E-state index contributed by atoms with van der Waals surface area (Å²) in [6.07, 6.45) is 0. The van der Waals surface area contributed by atoms with Gasteiger partial charge in [-0.1, -0.05) is 176 Å². The van der Waals surface area contributed by atoms with Gasteiger partial charge >= 0.3 is 0 Å². The number of aromatic nitrogens is 4. The fourth-order valence-electron chi connectivity index (χ4n) is 12.9. The first-order valence-electron chi connectivity index (χ1n) is 26.6. The third-order valence-electron chi connectivity index (χ3n) is 16.1. The molecule has 1 aliphatic heterocycles. The summed E-state index contributed by atoms with van der Waals surface area (Å²) in [7, 11) is 0. The lowest BCUT2D eigenvalue weighted by molar-refractivity contribution is 0.669. The van der Waals surface area contributed by atoms with E-state index in [-0.39, 0.29) is 0 Å². The molecule has 16 aromatic rings. The molecule has 0 amide bonds. The van der Waals surface area contributed by atoms with E-state index in [9.17, 15) is 0 Å². The van der Waals surface area contributed by atoms with Crippen LogP contribution in [0.5, 0.6) is 0 Å². The number of fused-ring (bicyclic) bond motifs is 14. The van der Waals surface area contributed by atoms with Crippen LogP contribution in [0.25, 0.3) is 116 Å². The minimum absolute atomic E-state index is 0.766. The Morgan fingerprint density at radius 1 is 0.269 bits per heavy atom. The van der Waals surface area contributed by atoms with Gasteiger partial charge in [0.25, 0.3) is 0 Å². The molecular weight excluding hydrogens is 953 g/mol. The van der Waals surface area contributed by atoms with Crippen LogP contribution >= 0.6 is 0 Å². The van der Waals surface area contributed by atoms with Crippen molar-refractivity contribution < 1.29 is 4.42 Å². The molecule has 0 bridgehead atoms. The first-order chi connectivity index (χ1) is 38.8. The third kappa shape index (κ3) is 5.95. The van der Waals surface area contributed by atoms with E-state index in [4.69, 9.17) is 9.40 Å². The van der Waals surface area contributed by atoms with E-state index in [1.165, 1.54) is 0 Å². The molecular formula is C71H44N6O. The molecule has 0 saturated heterocycles. The normalized spacial score (nSPS) is 12.6. The minimum Gasteiger partial charge on any atom is -0.456 e. The second-order valence-electron chi connectivity index (χ2n) is 20.2. The predicted octanol–water partition coefficient (Wildman–Crippen LogP) is 19.2. The van der Waals surface area contributed by atoms with E-state index in [1.807, 2.05) is 6.07 Å². The van der Waals surface area contributed by atoms with Gasteiger partial charge in [-0.2, -0.15) is 0 Å². The van der Waals surface area contributed by atoms with Gasteiger partial charge in [0.05, 0.1) is 55.8 Å². The standard InChI is InChI=1S/C71H44N6O/c1-2-22-46(23-3-1)73-61-37-17-19-39-63(61)77(64-40-20-18-38-62(64)73)71-69(75-57-33-13-6-26-49(57)50-27-7-14-34-58(50)75)67(45-42-43-66-54(44-45)53-30-10-21-41-65(53)78-66)68(74-55-31-11-4-24-47(55)48-25-5-12-32-56(48)74)70(72-71)76-59-35-15-8-28-51(59)52-29-9-16-36-60(52)76/h1-44H. The largest absolute Gasteiger partial charge is 0.456 e. The zero-order chi connectivity index (χ0) is 51.0. The van der Waals surface area contributed by atoms with Crippen LogP contribution in [-0.4, -0.2) is 18.7 Å². The summed E-state index contributed by atoms with van der Waals surface area (Å²) in [5.41, 5.74) is 17.1. The summed E-state index contributed by atoms with van der Waals surface area (Å²) in [5.74, 6) is 1.55. The molecule has 0 aliphatic carbocycles. The molecule has 0 fully saturated rings. The van der Waals surface area contributed by atoms with Crippen LogP contribution in [0.15, 0.2) is 271 Å². The number of hydrogen-bond donors (Lipinski definition) is 0. The van der Waals surface area contributed by atoms with Crippen molar-refractivity contribution in [1.82, 2.24) is 18.7 Å². The van der Waals surface area contributed by atoms with Gasteiger partial charge in [-0.05, 0) is 96.6 Å². The van der Waals surface area contributed by atoms with E-state index in [1.54, 1.807) is 0 Å². The van der Waals surface area contributed by atoms with Gasteiger partial charge in [0, 0.05) is 54.3 Å². The molecule has 1 aliphatic rings. The zero-order valence-corrected chi connectivity index (χ0v) is 42.0. The van der Waals surface area contributed by atoms with Crippen molar-refractivity contribution in [2.45, 2.75) is 0 Å². The molecule has 5 aromatic heterocycles. The molecule has 364 valence electrons. The number of para-hydroxylation sites is 12. The molecule has 78 heavy (non-hydrogen) atoms. The number of rotatable bonds is 6. The van der Waals surface area contributed by atoms with Gasteiger partial charge in [0.15, 0.2) is 11.6 Å². The third-order valence-corrected chi connectivity index (χ3v) is 16.1. The smallest absolute Gasteiger partial charge is 0.165 e. The number of nitrogens with zero attached hydrogens (tertiary/aromatic N) is 6. The fourth-order valence-corrected chi connectivity index (χ4v) is 12.9. The molecule has 7 heteroatoms. The lowest BCUT2D eigenvalue weighted by Gasteiger charge is -2.41. The Morgan fingerprint density at radius 2 is 0.628 bits per heavy atom. The van der Waals surface area contributed by atoms with Crippen molar-refractivity contribution in [1.29, 1.82) is 0 Å². The minimum atomic E-state index is 0.766. The zero-order valence-electron chi connectivity index (χ0n) is 42.0. The van der Waals surface area contributed by atoms with E-state index in [2.05, 4.69) is 284 Å². The Labute approximate surface area is 447 Å². The van der Waals surface area contributed by atoms with Gasteiger partial charge in [0.2, 0.25) is 0 Å². The molecule has 0 saturated carbocycles. The van der Waals surface area contributed by atoms with Crippen LogP contribution in [0.1, 0.15) is 0 Å². The highest BCUT2D eigenvalue weighted by atomic mass is 16.3. The molecule has 0 unspecified atom stereocenters. The van der Waals surface area contributed by atoms with Crippen molar-refractivity contribution in [3.8, 4) is 28.3 Å².